The number of likely N-dealkylation sites (tertiary alicyclic amines) is 1. The standard InChI is InChI=1S/C16H19ClN4O/c1-11-5-3-4-10-20(11)16(22)15-12(2)18-21(19-15)14-8-6-13(17)7-9-14/h6-9,11H,3-5,10H2,1-2H3/t11-/m0/s1. The maximum absolute atomic E-state index is 12.7. The van der Waals surface area contributed by atoms with Crippen LogP contribution < -0.4 is 0 Å². The van der Waals surface area contributed by atoms with Crippen molar-refractivity contribution >= 4 is 17.5 Å². The van der Waals surface area contributed by atoms with Crippen LogP contribution in [0.15, 0.2) is 24.3 Å². The Morgan fingerprint density at radius 1 is 1.23 bits per heavy atom. The van der Waals surface area contributed by atoms with Gasteiger partial charge < -0.3 is 4.90 Å². The van der Waals surface area contributed by atoms with E-state index in [-0.39, 0.29) is 11.9 Å². The van der Waals surface area contributed by atoms with Gasteiger partial charge in [-0.2, -0.15) is 9.90 Å². The molecule has 3 rings (SSSR count). The van der Waals surface area contributed by atoms with Crippen LogP contribution in [0.2, 0.25) is 5.02 Å². The third-order valence-corrected chi connectivity index (χ3v) is 4.36. The number of aromatic nitrogens is 3. The third-order valence-electron chi connectivity index (χ3n) is 4.11. The Bertz CT molecular complexity index is 680. The zero-order chi connectivity index (χ0) is 15.7. The molecule has 1 aromatic carbocycles. The van der Waals surface area contributed by atoms with Gasteiger partial charge in [0.05, 0.1) is 11.4 Å². The molecular weight excluding hydrogens is 300 g/mol. The maximum atomic E-state index is 12.7. The van der Waals surface area contributed by atoms with Crippen molar-refractivity contribution in [2.24, 2.45) is 0 Å². The van der Waals surface area contributed by atoms with Crippen LogP contribution in [0.1, 0.15) is 42.4 Å². The topological polar surface area (TPSA) is 51.0 Å². The largest absolute Gasteiger partial charge is 0.334 e. The lowest BCUT2D eigenvalue weighted by Gasteiger charge is -2.32. The molecule has 0 spiro atoms. The summed E-state index contributed by atoms with van der Waals surface area (Å²) in [5, 5.41) is 9.42. The van der Waals surface area contributed by atoms with Crippen LogP contribution in [-0.4, -0.2) is 38.4 Å². The van der Waals surface area contributed by atoms with E-state index in [0.29, 0.717) is 16.4 Å². The van der Waals surface area contributed by atoms with Crippen molar-refractivity contribution < 1.29 is 4.79 Å². The first-order valence-electron chi connectivity index (χ1n) is 7.57. The van der Waals surface area contributed by atoms with Crippen molar-refractivity contribution in [2.45, 2.75) is 39.2 Å². The molecule has 22 heavy (non-hydrogen) atoms. The lowest BCUT2D eigenvalue weighted by atomic mass is 10.0. The first-order valence-corrected chi connectivity index (χ1v) is 7.95. The van der Waals surface area contributed by atoms with E-state index in [1.165, 1.54) is 11.2 Å². The summed E-state index contributed by atoms with van der Waals surface area (Å²) in [5.41, 5.74) is 1.87. The summed E-state index contributed by atoms with van der Waals surface area (Å²) >= 11 is 5.89. The van der Waals surface area contributed by atoms with Crippen LogP contribution in [0, 0.1) is 6.92 Å². The van der Waals surface area contributed by atoms with E-state index in [0.717, 1.165) is 25.1 Å². The van der Waals surface area contributed by atoms with E-state index in [1.54, 1.807) is 12.1 Å². The molecule has 5 nitrogen and oxygen atoms in total. The molecule has 1 aliphatic rings. The molecular formula is C16H19ClN4O. The molecule has 1 atom stereocenters. The van der Waals surface area contributed by atoms with Gasteiger partial charge in [0, 0.05) is 17.6 Å². The Balaban J connectivity index is 1.88. The van der Waals surface area contributed by atoms with Gasteiger partial charge in [0.15, 0.2) is 5.69 Å². The number of rotatable bonds is 2. The molecule has 2 heterocycles. The van der Waals surface area contributed by atoms with Crippen molar-refractivity contribution in [3.8, 4) is 5.69 Å². The van der Waals surface area contributed by atoms with E-state index in [2.05, 4.69) is 17.1 Å². The van der Waals surface area contributed by atoms with Gasteiger partial charge in [0.1, 0.15) is 0 Å². The fourth-order valence-corrected chi connectivity index (χ4v) is 2.93. The second kappa shape index (κ2) is 6.08. The van der Waals surface area contributed by atoms with E-state index >= 15 is 0 Å². The second-order valence-corrected chi connectivity index (χ2v) is 6.18. The molecule has 0 N–H and O–H groups in total. The summed E-state index contributed by atoms with van der Waals surface area (Å²) in [6.45, 7) is 4.71. The minimum Gasteiger partial charge on any atom is -0.334 e. The predicted molar refractivity (Wildman–Crippen MR) is 85.5 cm³/mol. The van der Waals surface area contributed by atoms with E-state index in [9.17, 15) is 4.79 Å². The number of carbonyl (C=O) groups excluding carboxylic acids is 1. The van der Waals surface area contributed by atoms with Gasteiger partial charge in [-0.3, -0.25) is 4.79 Å². The van der Waals surface area contributed by atoms with E-state index < -0.39 is 0 Å². The molecule has 1 amide bonds. The van der Waals surface area contributed by atoms with Crippen molar-refractivity contribution in [3.63, 3.8) is 0 Å². The molecule has 6 heteroatoms. The number of piperidine rings is 1. The monoisotopic (exact) mass is 318 g/mol. The molecule has 0 bridgehead atoms. The first kappa shape index (κ1) is 15.0. The Morgan fingerprint density at radius 2 is 1.95 bits per heavy atom. The Morgan fingerprint density at radius 3 is 2.64 bits per heavy atom. The Hall–Kier alpha value is -1.88. The fraction of sp³-hybridized carbons (Fsp3) is 0.438. The first-order chi connectivity index (χ1) is 10.6. The van der Waals surface area contributed by atoms with Gasteiger partial charge in [0.2, 0.25) is 0 Å². The number of carbonyl (C=O) groups is 1. The van der Waals surface area contributed by atoms with Crippen LogP contribution in [0.5, 0.6) is 0 Å². The Kier molecular flexibility index (Phi) is 4.16. The lowest BCUT2D eigenvalue weighted by Crippen LogP contribution is -2.42. The summed E-state index contributed by atoms with van der Waals surface area (Å²) in [6, 6.07) is 7.49. The summed E-state index contributed by atoms with van der Waals surface area (Å²) in [5.74, 6) is -0.0232. The number of hydrogen-bond acceptors (Lipinski definition) is 3. The van der Waals surface area contributed by atoms with Gasteiger partial charge >= 0.3 is 0 Å². The molecule has 1 aliphatic heterocycles. The minimum absolute atomic E-state index is 0.0232. The molecule has 1 aromatic heterocycles. The van der Waals surface area contributed by atoms with Crippen molar-refractivity contribution in [3.05, 3.63) is 40.7 Å². The number of benzene rings is 1. The van der Waals surface area contributed by atoms with Gasteiger partial charge in [-0.25, -0.2) is 0 Å². The number of halogens is 1. The molecule has 2 aromatic rings. The zero-order valence-electron chi connectivity index (χ0n) is 12.8. The van der Waals surface area contributed by atoms with Crippen LogP contribution in [-0.2, 0) is 0 Å². The van der Waals surface area contributed by atoms with Gasteiger partial charge in [-0.15, -0.1) is 5.10 Å². The van der Waals surface area contributed by atoms with Crippen LogP contribution in [0.25, 0.3) is 5.69 Å². The minimum atomic E-state index is -0.0232. The third kappa shape index (κ3) is 2.86. The highest BCUT2D eigenvalue weighted by atomic mass is 35.5. The quantitative estimate of drug-likeness (QED) is 0.854. The lowest BCUT2D eigenvalue weighted by molar-refractivity contribution is 0.0628. The summed E-state index contributed by atoms with van der Waals surface area (Å²) in [6.07, 6.45) is 3.29. The summed E-state index contributed by atoms with van der Waals surface area (Å²) in [7, 11) is 0. The number of hydrogen-bond donors (Lipinski definition) is 0. The van der Waals surface area contributed by atoms with Crippen molar-refractivity contribution in [2.75, 3.05) is 6.54 Å². The van der Waals surface area contributed by atoms with Gasteiger partial charge in [0.25, 0.3) is 5.91 Å². The average molecular weight is 319 g/mol. The van der Waals surface area contributed by atoms with Crippen molar-refractivity contribution in [1.29, 1.82) is 0 Å². The normalized spacial score (nSPS) is 18.5. The van der Waals surface area contributed by atoms with E-state index in [4.69, 9.17) is 11.6 Å². The highest BCUT2D eigenvalue weighted by Crippen LogP contribution is 2.20. The molecule has 0 aliphatic carbocycles. The number of amides is 1. The maximum Gasteiger partial charge on any atom is 0.276 e. The number of nitrogens with zero attached hydrogens (tertiary/aromatic N) is 4. The van der Waals surface area contributed by atoms with Crippen LogP contribution >= 0.6 is 11.6 Å². The molecule has 0 saturated carbocycles. The van der Waals surface area contributed by atoms with Crippen LogP contribution in [0.4, 0.5) is 0 Å². The molecule has 1 saturated heterocycles. The molecule has 0 radical (unpaired) electrons. The predicted octanol–water partition coefficient (Wildman–Crippen LogP) is 3.24. The Labute approximate surface area is 134 Å². The fourth-order valence-electron chi connectivity index (χ4n) is 2.80. The van der Waals surface area contributed by atoms with Crippen molar-refractivity contribution in [1.82, 2.24) is 19.9 Å². The molecule has 0 unspecified atom stereocenters. The highest BCUT2D eigenvalue weighted by Gasteiger charge is 2.27. The number of aryl methyl sites for hydroxylation is 1. The SMILES string of the molecule is Cc1nn(-c2ccc(Cl)cc2)nc1C(=O)N1CCCC[C@@H]1C. The van der Waals surface area contributed by atoms with E-state index in [1.807, 2.05) is 24.0 Å². The smallest absolute Gasteiger partial charge is 0.276 e. The average Bonchev–Trinajstić information content (AvgIpc) is 2.90. The summed E-state index contributed by atoms with van der Waals surface area (Å²) < 4.78 is 0. The van der Waals surface area contributed by atoms with Crippen LogP contribution in [0.3, 0.4) is 0 Å². The van der Waals surface area contributed by atoms with Gasteiger partial charge in [-0.05, 0) is 57.4 Å². The zero-order valence-corrected chi connectivity index (χ0v) is 13.5. The van der Waals surface area contributed by atoms with Gasteiger partial charge in [-0.1, -0.05) is 11.6 Å². The summed E-state index contributed by atoms with van der Waals surface area (Å²) in [4.78, 5) is 16.1. The molecule has 116 valence electrons. The highest BCUT2D eigenvalue weighted by molar-refractivity contribution is 6.30. The molecule has 1 fully saturated rings. The second-order valence-electron chi connectivity index (χ2n) is 5.74.